The maximum Gasteiger partial charge on any atom is 0.225 e. The van der Waals surface area contributed by atoms with Crippen molar-refractivity contribution >= 4 is 28.8 Å². The Morgan fingerprint density at radius 1 is 1.23 bits per heavy atom. The molecule has 5 nitrogen and oxygen atoms in total. The topological polar surface area (TPSA) is 74.5 Å². The van der Waals surface area contributed by atoms with Crippen LogP contribution in [0.1, 0.15) is 10.4 Å². The number of nitrogens with one attached hydrogen (secondary N) is 1. The number of rotatable bonds is 5. The van der Waals surface area contributed by atoms with E-state index in [-0.39, 0.29) is 16.3 Å². The molecule has 2 aromatic carbocycles. The predicted octanol–water partition coefficient (Wildman–Crippen LogP) is 3.52. The van der Waals surface area contributed by atoms with Crippen LogP contribution in [0.25, 0.3) is 0 Å². The van der Waals surface area contributed by atoms with Crippen molar-refractivity contribution in [3.63, 3.8) is 0 Å². The summed E-state index contributed by atoms with van der Waals surface area (Å²) >= 11 is 5.95. The Morgan fingerprint density at radius 2 is 1.91 bits per heavy atom. The fourth-order valence-electron chi connectivity index (χ4n) is 1.69. The lowest BCUT2D eigenvalue weighted by molar-refractivity contribution is 0.106. The lowest BCUT2D eigenvalue weighted by Crippen LogP contribution is -2.14. The number of ketones is 1. The highest BCUT2D eigenvalue weighted by Gasteiger charge is 2.16. The number of Topliss-reactive ketones (excluding diaryl/α,β-unsaturated/α-hetero) is 1. The standard InChI is InChI=1S/C16H12ClN3O2/c1-22-12-8-6-11(7-9-12)19-20-15(10-18)16(21)13-4-2-3-5-14(13)17/h2-9,19H,1H3. The van der Waals surface area contributed by atoms with Gasteiger partial charge < -0.3 is 4.74 Å². The summed E-state index contributed by atoms with van der Waals surface area (Å²) in [5.41, 5.74) is 3.25. The van der Waals surface area contributed by atoms with Gasteiger partial charge in [-0.15, -0.1) is 0 Å². The zero-order valence-electron chi connectivity index (χ0n) is 11.7. The van der Waals surface area contributed by atoms with E-state index in [9.17, 15) is 4.79 Å². The predicted molar refractivity (Wildman–Crippen MR) is 85.4 cm³/mol. The van der Waals surface area contributed by atoms with Crippen LogP contribution in [-0.2, 0) is 0 Å². The highest BCUT2D eigenvalue weighted by Crippen LogP contribution is 2.17. The molecule has 0 aliphatic heterocycles. The third kappa shape index (κ3) is 3.62. The molecule has 0 unspecified atom stereocenters. The summed E-state index contributed by atoms with van der Waals surface area (Å²) < 4.78 is 5.04. The Labute approximate surface area is 132 Å². The van der Waals surface area contributed by atoms with Crippen LogP contribution < -0.4 is 10.2 Å². The first kappa shape index (κ1) is 15.5. The van der Waals surface area contributed by atoms with Crippen molar-refractivity contribution in [2.75, 3.05) is 12.5 Å². The van der Waals surface area contributed by atoms with E-state index in [4.69, 9.17) is 21.6 Å². The van der Waals surface area contributed by atoms with E-state index in [1.165, 1.54) is 0 Å². The molecule has 2 aromatic rings. The number of ether oxygens (including phenoxy) is 1. The van der Waals surface area contributed by atoms with Gasteiger partial charge in [-0.3, -0.25) is 10.2 Å². The molecule has 6 heteroatoms. The maximum atomic E-state index is 12.2. The van der Waals surface area contributed by atoms with E-state index in [1.54, 1.807) is 61.7 Å². The minimum absolute atomic E-state index is 0.237. The van der Waals surface area contributed by atoms with E-state index in [1.807, 2.05) is 0 Å². The van der Waals surface area contributed by atoms with Crippen LogP contribution in [-0.4, -0.2) is 18.6 Å². The second-order valence-corrected chi connectivity index (χ2v) is 4.63. The Balaban J connectivity index is 2.19. The molecule has 0 atom stereocenters. The van der Waals surface area contributed by atoms with E-state index in [2.05, 4.69) is 10.5 Å². The van der Waals surface area contributed by atoms with Gasteiger partial charge in [-0.25, -0.2) is 0 Å². The van der Waals surface area contributed by atoms with Crippen LogP contribution in [0.2, 0.25) is 5.02 Å². The van der Waals surface area contributed by atoms with E-state index in [0.29, 0.717) is 11.4 Å². The molecule has 0 fully saturated rings. The fourth-order valence-corrected chi connectivity index (χ4v) is 1.91. The Bertz CT molecular complexity index is 749. The van der Waals surface area contributed by atoms with Crippen molar-refractivity contribution in [3.8, 4) is 11.8 Å². The normalized spacial score (nSPS) is 10.7. The molecular weight excluding hydrogens is 302 g/mol. The van der Waals surface area contributed by atoms with Gasteiger partial charge in [-0.1, -0.05) is 23.7 Å². The molecule has 0 aliphatic carbocycles. The number of nitrogens with zero attached hydrogens (tertiary/aromatic N) is 2. The van der Waals surface area contributed by atoms with Crippen molar-refractivity contribution in [3.05, 3.63) is 59.1 Å². The number of carbonyl (C=O) groups is 1. The summed E-state index contributed by atoms with van der Waals surface area (Å²) in [4.78, 5) is 12.2. The van der Waals surface area contributed by atoms with Crippen LogP contribution in [0, 0.1) is 11.3 Å². The van der Waals surface area contributed by atoms with Gasteiger partial charge in [0, 0.05) is 5.56 Å². The molecular formula is C16H12ClN3O2. The molecule has 1 N–H and O–H groups in total. The van der Waals surface area contributed by atoms with Crippen LogP contribution >= 0.6 is 11.6 Å². The van der Waals surface area contributed by atoms with Gasteiger partial charge in [0.1, 0.15) is 11.8 Å². The third-order valence-electron chi connectivity index (χ3n) is 2.83. The molecule has 0 spiro atoms. The molecule has 0 saturated heterocycles. The van der Waals surface area contributed by atoms with Gasteiger partial charge in [0.15, 0.2) is 0 Å². The molecule has 0 saturated carbocycles. The molecule has 0 aliphatic rings. The second kappa shape index (κ2) is 7.25. The molecule has 0 aromatic heterocycles. The molecule has 110 valence electrons. The lowest BCUT2D eigenvalue weighted by atomic mass is 10.1. The largest absolute Gasteiger partial charge is 0.497 e. The summed E-state index contributed by atoms with van der Waals surface area (Å²) in [5, 5.41) is 13.2. The molecule has 2 rings (SSSR count). The maximum absolute atomic E-state index is 12.2. The SMILES string of the molecule is COc1ccc(NN=C(C#N)C(=O)c2ccccc2Cl)cc1. The van der Waals surface area contributed by atoms with Crippen LogP contribution in [0.4, 0.5) is 5.69 Å². The zero-order valence-corrected chi connectivity index (χ0v) is 12.5. The molecule has 22 heavy (non-hydrogen) atoms. The summed E-state index contributed by atoms with van der Waals surface area (Å²) in [6.07, 6.45) is 0. The van der Waals surface area contributed by atoms with Crippen molar-refractivity contribution < 1.29 is 9.53 Å². The number of hydrazone groups is 1. The van der Waals surface area contributed by atoms with Crippen molar-refractivity contribution in [1.82, 2.24) is 0 Å². The number of benzene rings is 2. The average molecular weight is 314 g/mol. The Hall–Kier alpha value is -2.84. The van der Waals surface area contributed by atoms with Crippen LogP contribution in [0.15, 0.2) is 53.6 Å². The molecule has 0 heterocycles. The van der Waals surface area contributed by atoms with Crippen LogP contribution in [0.5, 0.6) is 5.75 Å². The smallest absolute Gasteiger partial charge is 0.225 e. The molecule has 0 radical (unpaired) electrons. The lowest BCUT2D eigenvalue weighted by Gasteiger charge is -2.04. The van der Waals surface area contributed by atoms with Gasteiger partial charge >= 0.3 is 0 Å². The summed E-state index contributed by atoms with van der Waals surface area (Å²) in [7, 11) is 1.57. The van der Waals surface area contributed by atoms with Gasteiger partial charge in [0.05, 0.1) is 17.8 Å². The van der Waals surface area contributed by atoms with Gasteiger partial charge in [-0.2, -0.15) is 10.4 Å². The summed E-state index contributed by atoms with van der Waals surface area (Å²) in [5.74, 6) is 0.163. The number of carbonyl (C=O) groups excluding carboxylic acids is 1. The third-order valence-corrected chi connectivity index (χ3v) is 3.16. The Kier molecular flexibility index (Phi) is 5.12. The number of methoxy groups -OCH3 is 1. The number of halogens is 1. The minimum Gasteiger partial charge on any atom is -0.497 e. The highest BCUT2D eigenvalue weighted by atomic mass is 35.5. The van der Waals surface area contributed by atoms with E-state index >= 15 is 0 Å². The van der Waals surface area contributed by atoms with Crippen molar-refractivity contribution in [2.24, 2.45) is 5.10 Å². The summed E-state index contributed by atoms with van der Waals surface area (Å²) in [6, 6.07) is 15.2. The number of hydrogen-bond donors (Lipinski definition) is 1. The first-order chi connectivity index (χ1) is 10.7. The first-order valence-electron chi connectivity index (χ1n) is 6.33. The van der Waals surface area contributed by atoms with Gasteiger partial charge in [-0.05, 0) is 36.4 Å². The Morgan fingerprint density at radius 3 is 2.50 bits per heavy atom. The first-order valence-corrected chi connectivity index (χ1v) is 6.70. The van der Waals surface area contributed by atoms with Gasteiger partial charge in [0.25, 0.3) is 0 Å². The average Bonchev–Trinajstić information content (AvgIpc) is 2.56. The van der Waals surface area contributed by atoms with E-state index < -0.39 is 5.78 Å². The minimum atomic E-state index is -0.533. The van der Waals surface area contributed by atoms with Crippen molar-refractivity contribution in [1.29, 1.82) is 5.26 Å². The van der Waals surface area contributed by atoms with Crippen LogP contribution in [0.3, 0.4) is 0 Å². The summed E-state index contributed by atoms with van der Waals surface area (Å²) in [6.45, 7) is 0. The molecule has 0 amide bonds. The van der Waals surface area contributed by atoms with Crippen molar-refractivity contribution in [2.45, 2.75) is 0 Å². The zero-order chi connectivity index (χ0) is 15.9. The number of hydrogen-bond acceptors (Lipinski definition) is 5. The molecule has 0 bridgehead atoms. The number of nitriles is 1. The van der Waals surface area contributed by atoms with Gasteiger partial charge in [0.2, 0.25) is 11.5 Å². The van der Waals surface area contributed by atoms with E-state index in [0.717, 1.165) is 0 Å². The fraction of sp³-hybridized carbons (Fsp3) is 0.0625. The highest BCUT2D eigenvalue weighted by molar-refractivity contribution is 6.53. The number of anilines is 1. The second-order valence-electron chi connectivity index (χ2n) is 4.22. The monoisotopic (exact) mass is 313 g/mol. The quantitative estimate of drug-likeness (QED) is 0.520.